The van der Waals surface area contributed by atoms with Gasteiger partial charge in [0.25, 0.3) is 0 Å². The maximum atomic E-state index is 12.5. The highest BCUT2D eigenvalue weighted by atomic mass is 16.1. The van der Waals surface area contributed by atoms with Crippen LogP contribution in [0.5, 0.6) is 0 Å². The summed E-state index contributed by atoms with van der Waals surface area (Å²) in [5, 5.41) is 4.45. The molecule has 1 fully saturated rings. The van der Waals surface area contributed by atoms with E-state index < -0.39 is 0 Å². The zero-order chi connectivity index (χ0) is 22.5. The van der Waals surface area contributed by atoms with Gasteiger partial charge in [0.05, 0.1) is 0 Å². The number of hydrogen-bond donors (Lipinski definition) is 1. The van der Waals surface area contributed by atoms with E-state index >= 15 is 0 Å². The van der Waals surface area contributed by atoms with Crippen LogP contribution in [-0.4, -0.2) is 35.0 Å². The summed E-state index contributed by atoms with van der Waals surface area (Å²) < 4.78 is 2.47. The van der Waals surface area contributed by atoms with E-state index in [0.717, 1.165) is 52.0 Å². The molecular weight excluding hydrogens is 394 g/mol. The van der Waals surface area contributed by atoms with Gasteiger partial charge in [0.2, 0.25) is 5.91 Å². The minimum atomic E-state index is 0.163. The Morgan fingerprint density at radius 3 is 2.50 bits per heavy atom. The molecule has 2 aromatic carbocycles. The van der Waals surface area contributed by atoms with Crippen LogP contribution in [0.1, 0.15) is 49.9 Å². The van der Waals surface area contributed by atoms with E-state index in [-0.39, 0.29) is 11.8 Å². The Morgan fingerprint density at radius 2 is 1.75 bits per heavy atom. The summed E-state index contributed by atoms with van der Waals surface area (Å²) in [5.74, 6) is 1.04. The van der Waals surface area contributed by atoms with Crippen molar-refractivity contribution in [2.45, 2.75) is 53.1 Å². The zero-order valence-corrected chi connectivity index (χ0v) is 19.8. The van der Waals surface area contributed by atoms with Gasteiger partial charge in [0.1, 0.15) is 0 Å². The summed E-state index contributed by atoms with van der Waals surface area (Å²) in [6.07, 6.45) is 2.95. The van der Waals surface area contributed by atoms with Gasteiger partial charge in [0, 0.05) is 36.8 Å². The van der Waals surface area contributed by atoms with Crippen molar-refractivity contribution in [3.63, 3.8) is 0 Å². The van der Waals surface area contributed by atoms with Gasteiger partial charge in [-0.25, -0.2) is 0 Å². The summed E-state index contributed by atoms with van der Waals surface area (Å²) >= 11 is 0. The first-order valence-corrected chi connectivity index (χ1v) is 12.1. The zero-order valence-electron chi connectivity index (χ0n) is 19.8. The normalized spacial score (nSPS) is 15.5. The number of aryl methyl sites for hydroxylation is 1. The predicted molar refractivity (Wildman–Crippen MR) is 133 cm³/mol. The van der Waals surface area contributed by atoms with E-state index in [2.05, 4.69) is 90.2 Å². The molecule has 170 valence electrons. The van der Waals surface area contributed by atoms with Crippen molar-refractivity contribution in [1.82, 2.24) is 14.8 Å². The van der Waals surface area contributed by atoms with Gasteiger partial charge in [-0.2, -0.15) is 0 Å². The first-order chi connectivity index (χ1) is 15.5. The van der Waals surface area contributed by atoms with Crippen LogP contribution in [0, 0.1) is 18.8 Å². The van der Waals surface area contributed by atoms with Crippen LogP contribution in [0.2, 0.25) is 0 Å². The van der Waals surface area contributed by atoms with E-state index in [9.17, 15) is 4.79 Å². The number of carbonyl (C=O) groups excluding carboxylic acids is 1. The third-order valence-corrected chi connectivity index (χ3v) is 6.85. The lowest BCUT2D eigenvalue weighted by Gasteiger charge is -2.31. The third kappa shape index (κ3) is 5.42. The predicted octanol–water partition coefficient (Wildman–Crippen LogP) is 5.37. The summed E-state index contributed by atoms with van der Waals surface area (Å²) in [6.45, 7) is 11.2. The quantitative estimate of drug-likeness (QED) is 0.520. The summed E-state index contributed by atoms with van der Waals surface area (Å²) in [6, 6.07) is 19.7. The van der Waals surface area contributed by atoms with Crippen molar-refractivity contribution in [1.29, 1.82) is 0 Å². The molecule has 3 aromatic rings. The molecule has 0 atom stereocenters. The maximum absolute atomic E-state index is 12.5. The topological polar surface area (TPSA) is 37.3 Å². The average molecular weight is 432 g/mol. The second-order valence-electron chi connectivity index (χ2n) is 9.73. The number of fused-ring (bicyclic) bond motifs is 1. The van der Waals surface area contributed by atoms with Gasteiger partial charge < -0.3 is 9.88 Å². The lowest BCUT2D eigenvalue weighted by molar-refractivity contribution is -0.126. The van der Waals surface area contributed by atoms with E-state index in [1.165, 1.54) is 27.7 Å². The van der Waals surface area contributed by atoms with Crippen LogP contribution < -0.4 is 5.32 Å². The first-order valence-electron chi connectivity index (χ1n) is 12.1. The number of aromatic nitrogens is 1. The largest absolute Gasteiger partial charge is 0.356 e. The van der Waals surface area contributed by atoms with Gasteiger partial charge in [-0.3, -0.25) is 9.69 Å². The molecule has 1 aromatic heterocycles. The molecule has 0 radical (unpaired) electrons. The molecule has 4 rings (SSSR count). The summed E-state index contributed by atoms with van der Waals surface area (Å²) in [5.41, 5.74) is 5.35. The fourth-order valence-electron chi connectivity index (χ4n) is 4.75. The maximum Gasteiger partial charge on any atom is 0.223 e. The lowest BCUT2D eigenvalue weighted by Crippen LogP contribution is -2.40. The van der Waals surface area contributed by atoms with Crippen molar-refractivity contribution in [2.24, 2.45) is 11.8 Å². The van der Waals surface area contributed by atoms with Crippen LogP contribution in [0.4, 0.5) is 0 Å². The molecule has 0 spiro atoms. The van der Waals surface area contributed by atoms with Gasteiger partial charge in [-0.1, -0.05) is 56.3 Å². The van der Waals surface area contributed by atoms with Crippen LogP contribution in [0.15, 0.2) is 54.6 Å². The second-order valence-corrected chi connectivity index (χ2v) is 9.73. The van der Waals surface area contributed by atoms with Gasteiger partial charge in [-0.15, -0.1) is 0 Å². The highest BCUT2D eigenvalue weighted by molar-refractivity contribution is 5.81. The Morgan fingerprint density at radius 1 is 1.03 bits per heavy atom. The molecule has 4 nitrogen and oxygen atoms in total. The lowest BCUT2D eigenvalue weighted by atomic mass is 9.95. The van der Waals surface area contributed by atoms with Crippen LogP contribution in [0.25, 0.3) is 10.9 Å². The number of nitrogens with zero attached hydrogens (tertiary/aromatic N) is 2. The molecule has 0 unspecified atom stereocenters. The Balaban J connectivity index is 1.43. The first kappa shape index (κ1) is 22.6. The molecule has 1 aliphatic rings. The van der Waals surface area contributed by atoms with Crippen molar-refractivity contribution in [2.75, 3.05) is 19.6 Å². The Hall–Kier alpha value is -2.59. The van der Waals surface area contributed by atoms with E-state index in [1.807, 2.05) is 0 Å². The van der Waals surface area contributed by atoms with Gasteiger partial charge in [-0.05, 0) is 73.8 Å². The highest BCUT2D eigenvalue weighted by Crippen LogP contribution is 2.25. The molecule has 1 amide bonds. The molecule has 32 heavy (non-hydrogen) atoms. The number of para-hydroxylation sites is 1. The monoisotopic (exact) mass is 431 g/mol. The molecule has 0 bridgehead atoms. The number of amides is 1. The van der Waals surface area contributed by atoms with E-state index in [0.29, 0.717) is 5.92 Å². The van der Waals surface area contributed by atoms with Crippen LogP contribution >= 0.6 is 0 Å². The SMILES string of the molecule is Cc1ccccc1Cn1c(CN2CCC(C(=O)NCCC(C)C)CC2)cc2ccccc21. The van der Waals surface area contributed by atoms with E-state index in [1.54, 1.807) is 0 Å². The number of piperidine rings is 1. The fraction of sp³-hybridized carbons (Fsp3) is 0.464. The number of carbonyl (C=O) groups is 1. The molecule has 0 saturated carbocycles. The Bertz CT molecular complexity index is 1040. The Labute approximate surface area is 192 Å². The number of rotatable bonds is 8. The van der Waals surface area contributed by atoms with Crippen LogP contribution in [-0.2, 0) is 17.9 Å². The molecule has 1 N–H and O–H groups in total. The Kier molecular flexibility index (Phi) is 7.31. The second kappa shape index (κ2) is 10.4. The number of hydrogen-bond acceptors (Lipinski definition) is 2. The third-order valence-electron chi connectivity index (χ3n) is 6.85. The smallest absolute Gasteiger partial charge is 0.223 e. The fourth-order valence-corrected chi connectivity index (χ4v) is 4.75. The summed E-state index contributed by atoms with van der Waals surface area (Å²) in [7, 11) is 0. The van der Waals surface area contributed by atoms with Crippen molar-refractivity contribution in [3.05, 3.63) is 71.4 Å². The highest BCUT2D eigenvalue weighted by Gasteiger charge is 2.25. The molecule has 4 heteroatoms. The average Bonchev–Trinajstić information content (AvgIpc) is 3.12. The molecule has 2 heterocycles. The van der Waals surface area contributed by atoms with E-state index in [4.69, 9.17) is 0 Å². The van der Waals surface area contributed by atoms with Gasteiger partial charge >= 0.3 is 0 Å². The standard InChI is InChI=1S/C28H37N3O/c1-21(2)12-15-29-28(32)23-13-16-30(17-14-23)20-26-18-24-9-6-7-11-27(24)31(26)19-25-10-5-4-8-22(25)3/h4-11,18,21,23H,12-17,19-20H2,1-3H3,(H,29,32). The molecule has 1 aliphatic heterocycles. The minimum absolute atomic E-state index is 0.163. The number of likely N-dealkylation sites (tertiary alicyclic amines) is 1. The summed E-state index contributed by atoms with van der Waals surface area (Å²) in [4.78, 5) is 15.0. The number of nitrogens with one attached hydrogen (secondary N) is 1. The molecule has 1 saturated heterocycles. The van der Waals surface area contributed by atoms with Crippen molar-refractivity contribution >= 4 is 16.8 Å². The number of benzene rings is 2. The van der Waals surface area contributed by atoms with Gasteiger partial charge in [0.15, 0.2) is 0 Å². The van der Waals surface area contributed by atoms with Crippen molar-refractivity contribution < 1.29 is 4.79 Å². The van der Waals surface area contributed by atoms with Crippen molar-refractivity contribution in [3.8, 4) is 0 Å². The minimum Gasteiger partial charge on any atom is -0.356 e. The molecular formula is C28H37N3O. The van der Waals surface area contributed by atoms with Crippen LogP contribution in [0.3, 0.4) is 0 Å². The molecule has 0 aliphatic carbocycles.